The molecule has 2 aliphatic rings. The second-order valence-corrected chi connectivity index (χ2v) is 6.16. The van der Waals surface area contributed by atoms with Crippen molar-refractivity contribution in [2.75, 3.05) is 11.9 Å². The summed E-state index contributed by atoms with van der Waals surface area (Å²) in [6.07, 6.45) is 9.61. The van der Waals surface area contributed by atoms with Crippen LogP contribution < -0.4 is 5.32 Å². The molecular weight excluding hydrogens is 278 g/mol. The first kappa shape index (κ1) is 13.7. The molecule has 0 unspecified atom stereocenters. The van der Waals surface area contributed by atoms with E-state index >= 15 is 0 Å². The molecule has 4 rings (SSSR count). The van der Waals surface area contributed by atoms with Crippen LogP contribution >= 0.6 is 0 Å². The molecule has 0 atom stereocenters. The fourth-order valence-electron chi connectivity index (χ4n) is 3.50. The largest absolute Gasteiger partial charge is 0.376 e. The van der Waals surface area contributed by atoms with Crippen LogP contribution in [0.1, 0.15) is 48.6 Å². The topological polar surface area (TPSA) is 64.9 Å². The molecule has 1 saturated carbocycles. The van der Waals surface area contributed by atoms with Crippen LogP contribution in [-0.2, 0) is 24.8 Å². The van der Waals surface area contributed by atoms with Gasteiger partial charge in [0.05, 0.1) is 30.3 Å². The van der Waals surface area contributed by atoms with Gasteiger partial charge in [-0.25, -0.2) is 9.97 Å². The van der Waals surface area contributed by atoms with Crippen LogP contribution in [-0.4, -0.2) is 26.4 Å². The van der Waals surface area contributed by atoms with E-state index in [1.54, 1.807) is 6.33 Å². The fraction of sp³-hybridized carbons (Fsp3) is 0.562. The van der Waals surface area contributed by atoms with Crippen LogP contribution in [0, 0.1) is 0 Å². The number of aromatic nitrogens is 4. The standard InChI is InChI=1S/C16H21N5O/c1-21-8-14(15(20-21)11-4-2-3-5-11)19-16-12-9-22-7-6-13(12)17-10-18-16/h8,10-11H,2-7,9H2,1H3,(H,17,18,19). The summed E-state index contributed by atoms with van der Waals surface area (Å²) in [6, 6.07) is 0. The highest BCUT2D eigenvalue weighted by atomic mass is 16.5. The van der Waals surface area contributed by atoms with Gasteiger partial charge in [0, 0.05) is 31.1 Å². The van der Waals surface area contributed by atoms with Crippen molar-refractivity contribution in [1.29, 1.82) is 0 Å². The Balaban J connectivity index is 1.66. The van der Waals surface area contributed by atoms with Crippen molar-refractivity contribution in [2.24, 2.45) is 7.05 Å². The lowest BCUT2D eigenvalue weighted by Gasteiger charge is -2.19. The van der Waals surface area contributed by atoms with Crippen LogP contribution in [0.3, 0.4) is 0 Å². The van der Waals surface area contributed by atoms with E-state index in [2.05, 4.69) is 20.4 Å². The van der Waals surface area contributed by atoms with Crippen molar-refractivity contribution >= 4 is 11.5 Å². The lowest BCUT2D eigenvalue weighted by molar-refractivity contribution is 0.109. The number of hydrogen-bond acceptors (Lipinski definition) is 5. The maximum Gasteiger partial charge on any atom is 0.139 e. The molecule has 1 aliphatic carbocycles. The van der Waals surface area contributed by atoms with Crippen molar-refractivity contribution in [3.8, 4) is 0 Å². The van der Waals surface area contributed by atoms with E-state index in [0.29, 0.717) is 12.5 Å². The average Bonchev–Trinajstić information content (AvgIpc) is 3.17. The lowest BCUT2D eigenvalue weighted by Crippen LogP contribution is -2.15. The summed E-state index contributed by atoms with van der Waals surface area (Å²) < 4.78 is 7.46. The highest BCUT2D eigenvalue weighted by Crippen LogP contribution is 2.38. The van der Waals surface area contributed by atoms with Gasteiger partial charge >= 0.3 is 0 Å². The maximum absolute atomic E-state index is 5.57. The zero-order valence-corrected chi connectivity index (χ0v) is 12.9. The SMILES string of the molecule is Cn1cc(Nc2ncnc3c2COCC3)c(C2CCCC2)n1. The Kier molecular flexibility index (Phi) is 3.54. The summed E-state index contributed by atoms with van der Waals surface area (Å²) in [7, 11) is 1.97. The number of nitrogens with one attached hydrogen (secondary N) is 1. The Morgan fingerprint density at radius 2 is 2.14 bits per heavy atom. The number of rotatable bonds is 3. The fourth-order valence-corrected chi connectivity index (χ4v) is 3.50. The second-order valence-electron chi connectivity index (χ2n) is 6.16. The van der Waals surface area contributed by atoms with Crippen LogP contribution in [0.2, 0.25) is 0 Å². The van der Waals surface area contributed by atoms with Crippen molar-refractivity contribution in [2.45, 2.75) is 44.6 Å². The summed E-state index contributed by atoms with van der Waals surface area (Å²) in [5, 5.41) is 8.16. The Bertz CT molecular complexity index is 675. The summed E-state index contributed by atoms with van der Waals surface area (Å²) >= 11 is 0. The second kappa shape index (κ2) is 5.68. The summed E-state index contributed by atoms with van der Waals surface area (Å²) in [6.45, 7) is 1.32. The predicted octanol–water partition coefficient (Wildman–Crippen LogP) is 2.68. The van der Waals surface area contributed by atoms with E-state index in [0.717, 1.165) is 35.8 Å². The van der Waals surface area contributed by atoms with Gasteiger partial charge in [0.2, 0.25) is 0 Å². The molecule has 2 aromatic heterocycles. The first-order chi connectivity index (χ1) is 10.8. The molecule has 1 N–H and O–H groups in total. The van der Waals surface area contributed by atoms with Gasteiger partial charge in [-0.15, -0.1) is 0 Å². The van der Waals surface area contributed by atoms with Gasteiger partial charge in [-0.3, -0.25) is 4.68 Å². The molecule has 116 valence electrons. The molecule has 6 nitrogen and oxygen atoms in total. The van der Waals surface area contributed by atoms with Gasteiger partial charge in [0.15, 0.2) is 0 Å². The smallest absolute Gasteiger partial charge is 0.139 e. The molecular formula is C16H21N5O. The van der Waals surface area contributed by atoms with Gasteiger partial charge in [-0.05, 0) is 12.8 Å². The number of anilines is 2. The minimum Gasteiger partial charge on any atom is -0.376 e. The van der Waals surface area contributed by atoms with E-state index in [-0.39, 0.29) is 0 Å². The van der Waals surface area contributed by atoms with Gasteiger partial charge in [-0.2, -0.15) is 5.10 Å². The molecule has 0 amide bonds. The van der Waals surface area contributed by atoms with Gasteiger partial charge in [-0.1, -0.05) is 12.8 Å². The van der Waals surface area contributed by atoms with Gasteiger partial charge in [0.1, 0.15) is 12.1 Å². The molecule has 3 heterocycles. The number of fused-ring (bicyclic) bond motifs is 1. The molecule has 1 fully saturated rings. The number of hydrogen-bond donors (Lipinski definition) is 1. The van der Waals surface area contributed by atoms with Crippen molar-refractivity contribution < 1.29 is 4.74 Å². The van der Waals surface area contributed by atoms with E-state index in [9.17, 15) is 0 Å². The zero-order chi connectivity index (χ0) is 14.9. The van der Waals surface area contributed by atoms with Crippen molar-refractivity contribution in [3.63, 3.8) is 0 Å². The quantitative estimate of drug-likeness (QED) is 0.944. The van der Waals surface area contributed by atoms with E-state index < -0.39 is 0 Å². The minimum absolute atomic E-state index is 0.567. The molecule has 1 aliphatic heterocycles. The highest BCUT2D eigenvalue weighted by Gasteiger charge is 2.24. The number of ether oxygens (including phenoxy) is 1. The summed E-state index contributed by atoms with van der Waals surface area (Å²) in [4.78, 5) is 8.80. The first-order valence-corrected chi connectivity index (χ1v) is 8.02. The van der Waals surface area contributed by atoms with Crippen LogP contribution in [0.25, 0.3) is 0 Å². The molecule has 0 aromatic carbocycles. The molecule has 0 spiro atoms. The number of aryl methyl sites for hydroxylation is 1. The van der Waals surface area contributed by atoms with Gasteiger partial charge < -0.3 is 10.1 Å². The third-order valence-electron chi connectivity index (χ3n) is 4.62. The average molecular weight is 299 g/mol. The third-order valence-corrected chi connectivity index (χ3v) is 4.62. The lowest BCUT2D eigenvalue weighted by atomic mass is 10.0. The number of nitrogens with zero attached hydrogens (tertiary/aromatic N) is 4. The van der Waals surface area contributed by atoms with E-state index in [1.165, 1.54) is 31.4 Å². The third kappa shape index (κ3) is 2.47. The van der Waals surface area contributed by atoms with Crippen LogP contribution in [0.15, 0.2) is 12.5 Å². The Hall–Kier alpha value is -1.95. The minimum atomic E-state index is 0.567. The Morgan fingerprint density at radius 1 is 1.27 bits per heavy atom. The monoisotopic (exact) mass is 299 g/mol. The van der Waals surface area contributed by atoms with E-state index in [4.69, 9.17) is 4.74 Å². The van der Waals surface area contributed by atoms with Crippen molar-refractivity contribution in [1.82, 2.24) is 19.7 Å². The molecule has 6 heteroatoms. The Labute approximate surface area is 129 Å². The maximum atomic E-state index is 5.57. The predicted molar refractivity (Wildman–Crippen MR) is 83.1 cm³/mol. The first-order valence-electron chi connectivity index (χ1n) is 8.02. The zero-order valence-electron chi connectivity index (χ0n) is 12.9. The highest BCUT2D eigenvalue weighted by molar-refractivity contribution is 5.62. The molecule has 22 heavy (non-hydrogen) atoms. The normalized spacial score (nSPS) is 18.4. The van der Waals surface area contributed by atoms with E-state index in [1.807, 2.05) is 17.9 Å². The van der Waals surface area contributed by atoms with Crippen LogP contribution in [0.5, 0.6) is 0 Å². The molecule has 0 saturated heterocycles. The summed E-state index contributed by atoms with van der Waals surface area (Å²) in [5.41, 5.74) is 4.41. The van der Waals surface area contributed by atoms with Crippen LogP contribution in [0.4, 0.5) is 11.5 Å². The molecule has 2 aromatic rings. The molecule has 0 bridgehead atoms. The molecule has 0 radical (unpaired) electrons. The van der Waals surface area contributed by atoms with Crippen molar-refractivity contribution in [3.05, 3.63) is 29.5 Å². The summed E-state index contributed by atoms with van der Waals surface area (Å²) in [5.74, 6) is 1.43. The van der Waals surface area contributed by atoms with Gasteiger partial charge in [0.25, 0.3) is 0 Å². The Morgan fingerprint density at radius 3 is 3.00 bits per heavy atom.